The van der Waals surface area contributed by atoms with E-state index in [9.17, 15) is 0 Å². The van der Waals surface area contributed by atoms with E-state index in [2.05, 4.69) is 12.2 Å². The average molecular weight is 211 g/mol. The molecule has 0 bridgehead atoms. The minimum absolute atomic E-state index is 0.492. The molecule has 14 heavy (non-hydrogen) atoms. The predicted molar refractivity (Wildman–Crippen MR) is 61.7 cm³/mol. The third kappa shape index (κ3) is 2.13. The summed E-state index contributed by atoms with van der Waals surface area (Å²) < 4.78 is 0. The summed E-state index contributed by atoms with van der Waals surface area (Å²) in [7, 11) is 0. The lowest BCUT2D eigenvalue weighted by atomic mass is 10.1. The number of nitrogens with one attached hydrogen (secondary N) is 1. The first-order chi connectivity index (χ1) is 6.59. The van der Waals surface area contributed by atoms with Crippen molar-refractivity contribution in [3.8, 4) is 0 Å². The summed E-state index contributed by atoms with van der Waals surface area (Å²) >= 11 is 5.81. The van der Waals surface area contributed by atoms with Gasteiger partial charge in [0, 0.05) is 11.6 Å². The van der Waals surface area contributed by atoms with E-state index in [1.165, 1.54) is 12.8 Å². The van der Waals surface area contributed by atoms with Crippen LogP contribution < -0.4 is 11.1 Å². The molecule has 1 aliphatic carbocycles. The SMILES string of the molecule is CC1(CNc2ccc(Cl)cc2N)CC1. The molecule has 1 saturated carbocycles. The Kier molecular flexibility index (Phi) is 2.31. The van der Waals surface area contributed by atoms with Crippen molar-refractivity contribution in [1.82, 2.24) is 0 Å². The van der Waals surface area contributed by atoms with E-state index in [4.69, 9.17) is 17.3 Å². The molecule has 0 aliphatic heterocycles. The molecule has 1 aromatic carbocycles. The number of halogens is 1. The molecule has 3 heteroatoms. The Labute approximate surface area is 89.4 Å². The van der Waals surface area contributed by atoms with E-state index in [1.807, 2.05) is 12.1 Å². The van der Waals surface area contributed by atoms with Gasteiger partial charge in [0.15, 0.2) is 0 Å². The quantitative estimate of drug-likeness (QED) is 0.753. The summed E-state index contributed by atoms with van der Waals surface area (Å²) in [6, 6.07) is 5.57. The Balaban J connectivity index is 2.02. The van der Waals surface area contributed by atoms with Gasteiger partial charge >= 0.3 is 0 Å². The molecule has 1 aromatic rings. The second-order valence-corrected chi connectivity index (χ2v) is 4.83. The topological polar surface area (TPSA) is 38.0 Å². The third-order valence-corrected chi connectivity index (χ3v) is 3.06. The van der Waals surface area contributed by atoms with Crippen molar-refractivity contribution in [2.24, 2.45) is 5.41 Å². The van der Waals surface area contributed by atoms with Crippen LogP contribution in [0.15, 0.2) is 18.2 Å². The van der Waals surface area contributed by atoms with Crippen LogP contribution in [0.25, 0.3) is 0 Å². The van der Waals surface area contributed by atoms with Gasteiger partial charge in [-0.3, -0.25) is 0 Å². The third-order valence-electron chi connectivity index (χ3n) is 2.82. The maximum absolute atomic E-state index is 5.82. The maximum atomic E-state index is 5.82. The standard InChI is InChI=1S/C11H15ClN2/c1-11(4-5-11)7-14-10-3-2-8(12)6-9(10)13/h2-3,6,14H,4-5,7,13H2,1H3. The number of anilines is 2. The highest BCUT2D eigenvalue weighted by atomic mass is 35.5. The fraction of sp³-hybridized carbons (Fsp3) is 0.455. The maximum Gasteiger partial charge on any atom is 0.0575 e. The lowest BCUT2D eigenvalue weighted by Crippen LogP contribution is -2.12. The number of benzene rings is 1. The van der Waals surface area contributed by atoms with E-state index in [-0.39, 0.29) is 0 Å². The van der Waals surface area contributed by atoms with Gasteiger partial charge in [0.05, 0.1) is 11.4 Å². The van der Waals surface area contributed by atoms with Crippen molar-refractivity contribution < 1.29 is 0 Å². The first kappa shape index (κ1) is 9.66. The molecule has 0 amide bonds. The second-order valence-electron chi connectivity index (χ2n) is 4.40. The van der Waals surface area contributed by atoms with Crippen molar-refractivity contribution >= 4 is 23.0 Å². The molecular weight excluding hydrogens is 196 g/mol. The van der Waals surface area contributed by atoms with Crippen LogP contribution in [0, 0.1) is 5.41 Å². The molecule has 1 fully saturated rings. The van der Waals surface area contributed by atoms with Gasteiger partial charge in [0.25, 0.3) is 0 Å². The molecule has 0 aromatic heterocycles. The number of nitrogen functional groups attached to an aromatic ring is 1. The fourth-order valence-corrected chi connectivity index (χ4v) is 1.57. The van der Waals surface area contributed by atoms with Gasteiger partial charge < -0.3 is 11.1 Å². The lowest BCUT2D eigenvalue weighted by molar-refractivity contribution is 0.611. The lowest BCUT2D eigenvalue weighted by Gasteiger charge is -2.13. The fourth-order valence-electron chi connectivity index (χ4n) is 1.39. The number of hydrogen-bond donors (Lipinski definition) is 2. The number of rotatable bonds is 3. The van der Waals surface area contributed by atoms with Crippen LogP contribution in [0.5, 0.6) is 0 Å². The highest BCUT2D eigenvalue weighted by Crippen LogP contribution is 2.45. The molecule has 0 spiro atoms. The minimum atomic E-state index is 0.492. The molecule has 2 nitrogen and oxygen atoms in total. The van der Waals surface area contributed by atoms with Crippen molar-refractivity contribution in [3.05, 3.63) is 23.2 Å². The Hall–Kier alpha value is -0.890. The summed E-state index contributed by atoms with van der Waals surface area (Å²) in [6.45, 7) is 3.28. The van der Waals surface area contributed by atoms with E-state index in [0.717, 1.165) is 17.9 Å². The van der Waals surface area contributed by atoms with E-state index >= 15 is 0 Å². The molecule has 0 atom stereocenters. The van der Waals surface area contributed by atoms with Gasteiger partial charge in [-0.15, -0.1) is 0 Å². The molecule has 2 rings (SSSR count). The summed E-state index contributed by atoms with van der Waals surface area (Å²) in [5.74, 6) is 0. The van der Waals surface area contributed by atoms with Crippen LogP contribution in [0.1, 0.15) is 19.8 Å². The Morgan fingerprint density at radius 2 is 2.21 bits per heavy atom. The molecule has 0 radical (unpaired) electrons. The Morgan fingerprint density at radius 3 is 2.79 bits per heavy atom. The molecule has 0 unspecified atom stereocenters. The predicted octanol–water partition coefficient (Wildman–Crippen LogP) is 3.13. The molecule has 76 valence electrons. The Morgan fingerprint density at radius 1 is 1.50 bits per heavy atom. The van der Waals surface area contributed by atoms with Crippen LogP contribution in [-0.2, 0) is 0 Å². The first-order valence-electron chi connectivity index (χ1n) is 4.88. The largest absolute Gasteiger partial charge is 0.397 e. The van der Waals surface area contributed by atoms with Crippen LogP contribution in [-0.4, -0.2) is 6.54 Å². The van der Waals surface area contributed by atoms with Crippen molar-refractivity contribution in [2.75, 3.05) is 17.6 Å². The summed E-state index contributed by atoms with van der Waals surface area (Å²) in [5, 5.41) is 4.04. The van der Waals surface area contributed by atoms with Gasteiger partial charge in [-0.2, -0.15) is 0 Å². The van der Waals surface area contributed by atoms with Crippen molar-refractivity contribution in [2.45, 2.75) is 19.8 Å². The highest BCUT2D eigenvalue weighted by Gasteiger charge is 2.36. The normalized spacial score (nSPS) is 17.9. The van der Waals surface area contributed by atoms with Crippen molar-refractivity contribution in [3.63, 3.8) is 0 Å². The molecular formula is C11H15ClN2. The van der Waals surface area contributed by atoms with Crippen LogP contribution in [0.2, 0.25) is 5.02 Å². The van der Waals surface area contributed by atoms with Crippen LogP contribution in [0.4, 0.5) is 11.4 Å². The van der Waals surface area contributed by atoms with E-state index in [0.29, 0.717) is 10.4 Å². The van der Waals surface area contributed by atoms with Crippen LogP contribution >= 0.6 is 11.6 Å². The number of hydrogen-bond acceptors (Lipinski definition) is 2. The summed E-state index contributed by atoms with van der Waals surface area (Å²) in [5.41, 5.74) is 8.03. The summed E-state index contributed by atoms with van der Waals surface area (Å²) in [6.07, 6.45) is 2.63. The average Bonchev–Trinajstić information content (AvgIpc) is 2.83. The molecule has 3 N–H and O–H groups in total. The van der Waals surface area contributed by atoms with E-state index in [1.54, 1.807) is 6.07 Å². The van der Waals surface area contributed by atoms with Gasteiger partial charge in [0.1, 0.15) is 0 Å². The monoisotopic (exact) mass is 210 g/mol. The first-order valence-corrected chi connectivity index (χ1v) is 5.26. The van der Waals surface area contributed by atoms with Crippen molar-refractivity contribution in [1.29, 1.82) is 0 Å². The second kappa shape index (κ2) is 3.35. The van der Waals surface area contributed by atoms with Gasteiger partial charge in [0.2, 0.25) is 0 Å². The van der Waals surface area contributed by atoms with Gasteiger partial charge in [-0.1, -0.05) is 18.5 Å². The highest BCUT2D eigenvalue weighted by molar-refractivity contribution is 6.31. The smallest absolute Gasteiger partial charge is 0.0575 e. The van der Waals surface area contributed by atoms with E-state index < -0.39 is 0 Å². The minimum Gasteiger partial charge on any atom is -0.397 e. The molecule has 1 aliphatic rings. The zero-order valence-electron chi connectivity index (χ0n) is 8.31. The zero-order valence-corrected chi connectivity index (χ0v) is 9.06. The molecule has 0 saturated heterocycles. The molecule has 0 heterocycles. The van der Waals surface area contributed by atoms with Crippen LogP contribution in [0.3, 0.4) is 0 Å². The zero-order chi connectivity index (χ0) is 10.2. The summed E-state index contributed by atoms with van der Waals surface area (Å²) in [4.78, 5) is 0. The number of nitrogens with two attached hydrogens (primary N) is 1. The van der Waals surface area contributed by atoms with Gasteiger partial charge in [-0.25, -0.2) is 0 Å². The van der Waals surface area contributed by atoms with Gasteiger partial charge in [-0.05, 0) is 36.5 Å². The Bertz CT molecular complexity index is 345.